The second kappa shape index (κ2) is 11.1. The molecule has 96 valence electrons. The second-order valence-electron chi connectivity index (χ2n) is 3.74. The predicted octanol–water partition coefficient (Wildman–Crippen LogP) is 2.67. The summed E-state index contributed by atoms with van der Waals surface area (Å²) < 4.78 is 30.7. The van der Waals surface area contributed by atoms with E-state index < -0.39 is 10.1 Å². The monoisotopic (exact) mass is 328 g/mol. The van der Waals surface area contributed by atoms with Crippen molar-refractivity contribution in [3.05, 3.63) is 0 Å². The van der Waals surface area contributed by atoms with Crippen LogP contribution in [0.15, 0.2) is 0 Å². The molecule has 0 heterocycles. The van der Waals surface area contributed by atoms with E-state index in [1.807, 2.05) is 0 Å². The number of hydrogen-bond acceptors (Lipinski definition) is 3. The molecule has 0 aliphatic heterocycles. The molecule has 0 atom stereocenters. The Morgan fingerprint density at radius 1 is 0.867 bits per heavy atom. The second-order valence-corrected chi connectivity index (χ2v) is 5.26. The molecule has 0 rings (SSSR count). The van der Waals surface area contributed by atoms with E-state index in [0.717, 1.165) is 12.8 Å². The first-order valence-corrected chi connectivity index (χ1v) is 7.07. The van der Waals surface area contributed by atoms with E-state index in [-0.39, 0.29) is 28.1 Å². The summed E-state index contributed by atoms with van der Waals surface area (Å²) in [6, 6.07) is 0. The Kier molecular flexibility index (Phi) is 13.4. The molecule has 0 bridgehead atoms. The normalized spacial score (nSPS) is 11.1. The molecule has 0 aromatic heterocycles. The van der Waals surface area contributed by atoms with Crippen molar-refractivity contribution >= 4 is 10.1 Å². The summed E-state index contributed by atoms with van der Waals surface area (Å²) in [4.78, 5) is 0. The number of rotatable bonds is 9. The van der Waals surface area contributed by atoms with Gasteiger partial charge in [-0.1, -0.05) is 51.9 Å². The van der Waals surface area contributed by atoms with Gasteiger partial charge in [0.05, 0.1) is 10.1 Å². The van der Waals surface area contributed by atoms with E-state index in [9.17, 15) is 13.0 Å². The first-order valence-electron chi connectivity index (χ1n) is 5.50. The summed E-state index contributed by atoms with van der Waals surface area (Å²) >= 11 is 0. The largest absolute Gasteiger partial charge is 1.00 e. The third kappa shape index (κ3) is 17.3. The van der Waals surface area contributed by atoms with Gasteiger partial charge in [-0.15, -0.1) is 0 Å². The van der Waals surface area contributed by atoms with Crippen molar-refractivity contribution in [1.29, 1.82) is 0 Å². The average Bonchev–Trinajstić information content (AvgIpc) is 2.08. The van der Waals surface area contributed by atoms with E-state index in [0.29, 0.717) is 6.42 Å². The molecule has 0 aromatic carbocycles. The Bertz CT molecular complexity index is 215. The maximum atomic E-state index is 10.2. The van der Waals surface area contributed by atoms with Gasteiger partial charge in [-0.2, -0.15) is 0 Å². The first-order chi connectivity index (χ1) is 6.56. The Hall–Kier alpha value is 0.650. The molecule has 0 aliphatic rings. The van der Waals surface area contributed by atoms with Crippen LogP contribution in [0, 0.1) is 0 Å². The topological polar surface area (TPSA) is 57.2 Å². The minimum absolute atomic E-state index is 0. The Balaban J connectivity index is 0. The molecule has 0 aromatic rings. The van der Waals surface area contributed by atoms with Gasteiger partial charge in [0.2, 0.25) is 0 Å². The Morgan fingerprint density at radius 3 is 1.67 bits per heavy atom. The molecule has 0 unspecified atom stereocenters. The van der Waals surface area contributed by atoms with Gasteiger partial charge >= 0.3 is 22.4 Å². The zero-order valence-electron chi connectivity index (χ0n) is 9.30. The van der Waals surface area contributed by atoms with Crippen LogP contribution >= 0.6 is 0 Å². The van der Waals surface area contributed by atoms with Gasteiger partial charge in [-0.05, 0) is 6.42 Å². The predicted molar refractivity (Wildman–Crippen MR) is 57.2 cm³/mol. The average molecular weight is 329 g/mol. The zero-order chi connectivity index (χ0) is 10.9. The fourth-order valence-corrected chi connectivity index (χ4v) is 1.97. The molecule has 0 N–H and O–H groups in total. The molecular weight excluding hydrogens is 308 g/mol. The third-order valence-corrected chi connectivity index (χ3v) is 3.04. The van der Waals surface area contributed by atoms with Gasteiger partial charge in [-0.25, -0.2) is 8.42 Å². The molecule has 0 spiro atoms. The van der Waals surface area contributed by atoms with Crippen molar-refractivity contribution in [2.45, 2.75) is 58.3 Å². The molecule has 5 heteroatoms. The number of hydrogen-bond donors (Lipinski definition) is 0. The van der Waals surface area contributed by atoms with Gasteiger partial charge in [0.15, 0.2) is 0 Å². The molecule has 15 heavy (non-hydrogen) atoms. The van der Waals surface area contributed by atoms with Crippen molar-refractivity contribution < 1.29 is 35.4 Å². The van der Waals surface area contributed by atoms with Crippen LogP contribution in [0.3, 0.4) is 0 Å². The summed E-state index contributed by atoms with van der Waals surface area (Å²) in [7, 11) is -3.98. The SMILES string of the molecule is CCCCCCCCCCS(=O)(=O)[O-].[Ag+]. The van der Waals surface area contributed by atoms with E-state index >= 15 is 0 Å². The van der Waals surface area contributed by atoms with Crippen molar-refractivity contribution in [1.82, 2.24) is 0 Å². The first kappa shape index (κ1) is 18.0. The van der Waals surface area contributed by atoms with Crippen LogP contribution in [0.1, 0.15) is 58.3 Å². The summed E-state index contributed by atoms with van der Waals surface area (Å²) in [6.07, 6.45) is 8.66. The van der Waals surface area contributed by atoms with Gasteiger partial charge in [-0.3, -0.25) is 0 Å². The van der Waals surface area contributed by atoms with Crippen LogP contribution < -0.4 is 0 Å². The smallest absolute Gasteiger partial charge is 0.748 e. The molecule has 0 saturated carbocycles. The number of unbranched alkanes of at least 4 members (excludes halogenated alkanes) is 7. The van der Waals surface area contributed by atoms with Crippen LogP contribution in [-0.4, -0.2) is 18.7 Å². The van der Waals surface area contributed by atoms with Crippen LogP contribution in [0.2, 0.25) is 0 Å². The maximum Gasteiger partial charge on any atom is 1.00 e. The summed E-state index contributed by atoms with van der Waals surface area (Å²) in [5.74, 6) is -0.193. The van der Waals surface area contributed by atoms with Gasteiger partial charge in [0.1, 0.15) is 0 Å². The van der Waals surface area contributed by atoms with Crippen LogP contribution in [0.25, 0.3) is 0 Å². The van der Waals surface area contributed by atoms with Crippen molar-refractivity contribution in [2.24, 2.45) is 0 Å². The molecule has 3 nitrogen and oxygen atoms in total. The van der Waals surface area contributed by atoms with Crippen LogP contribution in [-0.2, 0) is 32.5 Å². The minimum atomic E-state index is -3.98. The maximum absolute atomic E-state index is 10.2. The van der Waals surface area contributed by atoms with Crippen molar-refractivity contribution in [3.63, 3.8) is 0 Å². The minimum Gasteiger partial charge on any atom is -0.748 e. The van der Waals surface area contributed by atoms with Crippen LogP contribution in [0.5, 0.6) is 0 Å². The molecule has 0 saturated heterocycles. The Labute approximate surface area is 109 Å². The van der Waals surface area contributed by atoms with E-state index in [1.165, 1.54) is 32.1 Å². The fourth-order valence-electron chi connectivity index (χ4n) is 1.41. The van der Waals surface area contributed by atoms with E-state index in [2.05, 4.69) is 6.92 Å². The van der Waals surface area contributed by atoms with E-state index in [1.54, 1.807) is 0 Å². The molecule has 0 radical (unpaired) electrons. The molecule has 0 aliphatic carbocycles. The third-order valence-electron chi connectivity index (χ3n) is 2.25. The van der Waals surface area contributed by atoms with Gasteiger partial charge < -0.3 is 4.55 Å². The van der Waals surface area contributed by atoms with Gasteiger partial charge in [0.25, 0.3) is 0 Å². The quantitative estimate of drug-likeness (QED) is 0.371. The zero-order valence-corrected chi connectivity index (χ0v) is 11.6. The van der Waals surface area contributed by atoms with Gasteiger partial charge in [0, 0.05) is 5.75 Å². The fraction of sp³-hybridized carbons (Fsp3) is 1.00. The van der Waals surface area contributed by atoms with Crippen LogP contribution in [0.4, 0.5) is 0 Å². The summed E-state index contributed by atoms with van der Waals surface area (Å²) in [5.41, 5.74) is 0. The van der Waals surface area contributed by atoms with Crippen molar-refractivity contribution in [2.75, 3.05) is 5.75 Å². The Morgan fingerprint density at radius 2 is 1.27 bits per heavy atom. The molecular formula is C10H21AgO3S. The summed E-state index contributed by atoms with van der Waals surface area (Å²) in [5, 5.41) is 0. The van der Waals surface area contributed by atoms with Crippen molar-refractivity contribution in [3.8, 4) is 0 Å². The molecule has 0 amide bonds. The molecule has 0 fully saturated rings. The summed E-state index contributed by atoms with van der Waals surface area (Å²) in [6.45, 7) is 2.18. The van der Waals surface area contributed by atoms with E-state index in [4.69, 9.17) is 0 Å². The standard InChI is InChI=1S/C10H22O3S.Ag/c1-2-3-4-5-6-7-8-9-10-14(11,12)13;/h2-10H2,1H3,(H,11,12,13);/q;+1/p-1.